The van der Waals surface area contributed by atoms with Gasteiger partial charge in [-0.05, 0) is 0 Å². The molecule has 68 valence electrons. The number of hydrogen-bond donors (Lipinski definition) is 3. The average Bonchev–Trinajstić information content (AvgIpc) is 2.22. The first kappa shape index (κ1) is 13.8. The molecule has 1 heterocycles. The van der Waals surface area contributed by atoms with E-state index < -0.39 is 0 Å². The van der Waals surface area contributed by atoms with Crippen molar-refractivity contribution in [2.45, 2.75) is 12.8 Å². The van der Waals surface area contributed by atoms with E-state index in [1.807, 2.05) is 0 Å². The first-order chi connectivity index (χ1) is 5.13. The molecule has 0 aliphatic carbocycles. The summed E-state index contributed by atoms with van der Waals surface area (Å²) in [5, 5.41) is 20.4. The molecule has 1 fully saturated rings. The SMILES string of the molecule is Cl.N=C=N.O=C1CCC(=S)N1O. The second-order valence-corrected chi connectivity index (χ2v) is 2.20. The minimum Gasteiger partial charge on any atom is -0.280 e. The summed E-state index contributed by atoms with van der Waals surface area (Å²) in [6.07, 6.45) is 0.875. The Morgan fingerprint density at radius 2 is 1.92 bits per heavy atom. The summed E-state index contributed by atoms with van der Waals surface area (Å²) < 4.78 is 0. The van der Waals surface area contributed by atoms with Crippen molar-refractivity contribution in [3.63, 3.8) is 0 Å². The van der Waals surface area contributed by atoms with Gasteiger partial charge in [0.05, 0.1) is 6.01 Å². The van der Waals surface area contributed by atoms with Crippen molar-refractivity contribution >= 4 is 41.5 Å². The molecule has 0 spiro atoms. The predicted molar refractivity (Wildman–Crippen MR) is 48.2 cm³/mol. The molecular weight excluding hydrogens is 202 g/mol. The minimum absolute atomic E-state index is 0. The highest BCUT2D eigenvalue weighted by molar-refractivity contribution is 7.80. The molecule has 0 saturated carbocycles. The molecule has 0 atom stereocenters. The van der Waals surface area contributed by atoms with Gasteiger partial charge in [-0.3, -0.25) is 10.0 Å². The fourth-order valence-corrected chi connectivity index (χ4v) is 0.769. The Hall–Kier alpha value is -0.810. The molecule has 0 aromatic rings. The van der Waals surface area contributed by atoms with Crippen LogP contribution in [0.3, 0.4) is 0 Å². The lowest BCUT2D eigenvalue weighted by Gasteiger charge is -2.01. The van der Waals surface area contributed by atoms with E-state index in [1.165, 1.54) is 6.01 Å². The summed E-state index contributed by atoms with van der Waals surface area (Å²) in [4.78, 5) is 10.7. The van der Waals surface area contributed by atoms with Crippen LogP contribution in [0.1, 0.15) is 12.8 Å². The number of thiocarbonyl (C=S) groups is 1. The van der Waals surface area contributed by atoms with Gasteiger partial charge in [-0.2, -0.15) is 5.06 Å². The molecule has 0 aromatic carbocycles. The van der Waals surface area contributed by atoms with Crippen molar-refractivity contribution in [3.8, 4) is 0 Å². The zero-order valence-corrected chi connectivity index (χ0v) is 7.67. The smallest absolute Gasteiger partial charge is 0.251 e. The normalized spacial score (nSPS) is 14.2. The van der Waals surface area contributed by atoms with E-state index in [-0.39, 0.29) is 18.3 Å². The molecule has 0 radical (unpaired) electrons. The second-order valence-electron chi connectivity index (χ2n) is 1.72. The number of nitrogens with one attached hydrogen (secondary N) is 2. The Morgan fingerprint density at radius 3 is 2.00 bits per heavy atom. The lowest BCUT2D eigenvalue weighted by atomic mass is 10.4. The lowest BCUT2D eigenvalue weighted by molar-refractivity contribution is -0.145. The zero-order valence-electron chi connectivity index (χ0n) is 6.03. The number of rotatable bonds is 0. The van der Waals surface area contributed by atoms with Gasteiger partial charge in [-0.15, -0.1) is 12.4 Å². The van der Waals surface area contributed by atoms with Gasteiger partial charge in [0.1, 0.15) is 4.99 Å². The standard InChI is InChI=1S/C4H5NO2S.CH2N2.ClH/c6-3-1-2-4(8)5(3)7;2-1-3;/h7H,1-2H2;2-3H;1H. The Balaban J connectivity index is 0. The highest BCUT2D eigenvalue weighted by atomic mass is 35.5. The average molecular weight is 210 g/mol. The number of amides is 1. The van der Waals surface area contributed by atoms with Crippen molar-refractivity contribution in [2.24, 2.45) is 0 Å². The van der Waals surface area contributed by atoms with Crippen LogP contribution in [-0.4, -0.2) is 27.2 Å². The summed E-state index contributed by atoms with van der Waals surface area (Å²) in [7, 11) is 0. The van der Waals surface area contributed by atoms with Gasteiger partial charge in [0.25, 0.3) is 5.91 Å². The third-order valence-corrected chi connectivity index (χ3v) is 1.40. The molecule has 0 aromatic heterocycles. The molecule has 1 amide bonds. The molecule has 1 aliphatic heterocycles. The van der Waals surface area contributed by atoms with Crippen LogP contribution < -0.4 is 0 Å². The third kappa shape index (κ3) is 4.15. The number of nitrogens with zero attached hydrogens (tertiary/aromatic N) is 1. The lowest BCUT2D eigenvalue weighted by Crippen LogP contribution is -2.22. The zero-order chi connectivity index (χ0) is 8.85. The maximum absolute atomic E-state index is 10.4. The molecule has 3 N–H and O–H groups in total. The van der Waals surface area contributed by atoms with Crippen LogP contribution in [0, 0.1) is 10.8 Å². The quantitative estimate of drug-likeness (QED) is 0.317. The molecular formula is C5H8ClN3O2S. The summed E-state index contributed by atoms with van der Waals surface area (Å²) in [6.45, 7) is 0. The van der Waals surface area contributed by atoms with E-state index >= 15 is 0 Å². The van der Waals surface area contributed by atoms with Crippen molar-refractivity contribution in [1.82, 2.24) is 5.06 Å². The van der Waals surface area contributed by atoms with Gasteiger partial charge < -0.3 is 0 Å². The molecule has 7 heteroatoms. The van der Waals surface area contributed by atoms with E-state index in [0.29, 0.717) is 22.9 Å². The number of carbonyl (C=O) groups is 1. The van der Waals surface area contributed by atoms with Crippen molar-refractivity contribution in [3.05, 3.63) is 0 Å². The Labute approximate surface area is 80.8 Å². The van der Waals surface area contributed by atoms with Crippen LogP contribution in [-0.2, 0) is 4.79 Å². The number of carbonyl (C=O) groups excluding carboxylic acids is 1. The molecule has 0 bridgehead atoms. The maximum atomic E-state index is 10.4. The summed E-state index contributed by atoms with van der Waals surface area (Å²) >= 11 is 4.57. The Kier molecular flexibility index (Phi) is 7.88. The predicted octanol–water partition coefficient (Wildman–Crippen LogP) is 1.07. The summed E-state index contributed by atoms with van der Waals surface area (Å²) in [5.41, 5.74) is 0. The van der Waals surface area contributed by atoms with E-state index in [2.05, 4.69) is 12.2 Å². The molecule has 12 heavy (non-hydrogen) atoms. The van der Waals surface area contributed by atoms with E-state index in [4.69, 9.17) is 16.0 Å². The second kappa shape index (κ2) is 6.87. The van der Waals surface area contributed by atoms with Gasteiger partial charge in [0, 0.05) is 12.8 Å². The van der Waals surface area contributed by atoms with Crippen LogP contribution in [0.15, 0.2) is 0 Å². The van der Waals surface area contributed by atoms with Crippen LogP contribution in [0.5, 0.6) is 0 Å². The van der Waals surface area contributed by atoms with Gasteiger partial charge in [-0.25, -0.2) is 10.8 Å². The van der Waals surface area contributed by atoms with Crippen LogP contribution in [0.25, 0.3) is 0 Å². The molecule has 1 saturated heterocycles. The molecule has 5 nitrogen and oxygen atoms in total. The van der Waals surface area contributed by atoms with Gasteiger partial charge in [-0.1, -0.05) is 12.2 Å². The fraction of sp³-hybridized carbons (Fsp3) is 0.400. The molecule has 1 aliphatic rings. The minimum atomic E-state index is -0.296. The van der Waals surface area contributed by atoms with Crippen LogP contribution in [0.2, 0.25) is 0 Å². The van der Waals surface area contributed by atoms with E-state index in [0.717, 1.165) is 0 Å². The van der Waals surface area contributed by atoms with E-state index in [1.54, 1.807) is 0 Å². The maximum Gasteiger partial charge on any atom is 0.251 e. The van der Waals surface area contributed by atoms with Gasteiger partial charge in [0.15, 0.2) is 0 Å². The number of hydroxylamine groups is 2. The molecule has 1 rings (SSSR count). The number of hydrogen-bond acceptors (Lipinski definition) is 5. The van der Waals surface area contributed by atoms with Crippen LogP contribution >= 0.6 is 24.6 Å². The largest absolute Gasteiger partial charge is 0.280 e. The topological polar surface area (TPSA) is 88.2 Å². The Bertz CT molecular complexity index is 199. The monoisotopic (exact) mass is 209 g/mol. The van der Waals surface area contributed by atoms with Crippen LogP contribution in [0.4, 0.5) is 0 Å². The Morgan fingerprint density at radius 1 is 1.50 bits per heavy atom. The third-order valence-electron chi connectivity index (χ3n) is 1.03. The first-order valence-electron chi connectivity index (χ1n) is 2.76. The highest BCUT2D eigenvalue weighted by Crippen LogP contribution is 2.09. The fourth-order valence-electron chi connectivity index (χ4n) is 0.565. The summed E-state index contributed by atoms with van der Waals surface area (Å²) in [6, 6.07) is 1.25. The summed E-state index contributed by atoms with van der Waals surface area (Å²) in [5.74, 6) is -0.296. The molecule has 0 unspecified atom stereocenters. The highest BCUT2D eigenvalue weighted by Gasteiger charge is 2.23. The van der Waals surface area contributed by atoms with Gasteiger partial charge >= 0.3 is 0 Å². The number of halogens is 1. The van der Waals surface area contributed by atoms with Crippen molar-refractivity contribution < 1.29 is 10.0 Å². The first-order valence-corrected chi connectivity index (χ1v) is 3.17. The van der Waals surface area contributed by atoms with Crippen molar-refractivity contribution in [1.29, 1.82) is 10.8 Å². The van der Waals surface area contributed by atoms with Gasteiger partial charge in [0.2, 0.25) is 0 Å². The van der Waals surface area contributed by atoms with E-state index in [9.17, 15) is 4.79 Å². The van der Waals surface area contributed by atoms with Crippen molar-refractivity contribution in [2.75, 3.05) is 0 Å².